The average molecular weight is 317 g/mol. The van der Waals surface area contributed by atoms with E-state index in [1.165, 1.54) is 19.3 Å². The van der Waals surface area contributed by atoms with Crippen LogP contribution in [0.3, 0.4) is 0 Å². The van der Waals surface area contributed by atoms with Crippen LogP contribution in [0, 0.1) is 0 Å². The molecular weight excluding hydrogens is 295 g/mol. The van der Waals surface area contributed by atoms with Crippen LogP contribution in [0.1, 0.15) is 19.3 Å². The predicted molar refractivity (Wildman–Crippen MR) is 77.2 cm³/mol. The summed E-state index contributed by atoms with van der Waals surface area (Å²) < 4.78 is 10.5. The summed E-state index contributed by atoms with van der Waals surface area (Å²) in [5, 5.41) is 0. The summed E-state index contributed by atoms with van der Waals surface area (Å²) in [5.74, 6) is 0. The molecule has 0 saturated carbocycles. The molecule has 3 aliphatic carbocycles. The van der Waals surface area contributed by atoms with E-state index in [0.29, 0.717) is 0 Å². The average Bonchev–Trinajstić information content (AvgIpc) is 3.13. The van der Waals surface area contributed by atoms with Crippen LogP contribution in [-0.4, -0.2) is 0 Å². The van der Waals surface area contributed by atoms with Crippen molar-refractivity contribution in [2.75, 3.05) is 0 Å². The van der Waals surface area contributed by atoms with Gasteiger partial charge in [0.1, 0.15) is 0 Å². The molecule has 0 nitrogen and oxygen atoms in total. The topological polar surface area (TPSA) is 0 Å². The molecule has 0 aromatic heterocycles. The van der Waals surface area contributed by atoms with Crippen molar-refractivity contribution in [1.82, 2.24) is 0 Å². The predicted octanol–water partition coefficient (Wildman–Crippen LogP) is 5.30. The molecule has 93 valence electrons. The van der Waals surface area contributed by atoms with Gasteiger partial charge in [0, 0.05) is 0 Å². The monoisotopic (exact) mass is 315 g/mol. The van der Waals surface area contributed by atoms with Crippen molar-refractivity contribution in [3.05, 3.63) is 64.5 Å². The van der Waals surface area contributed by atoms with E-state index in [0.717, 1.165) is 0 Å². The van der Waals surface area contributed by atoms with E-state index < -0.39 is 18.8 Å². The van der Waals surface area contributed by atoms with Crippen LogP contribution in [0.2, 0.25) is 9.26 Å². The molecule has 0 aliphatic heterocycles. The molecule has 0 saturated heterocycles. The van der Waals surface area contributed by atoms with Crippen molar-refractivity contribution in [2.24, 2.45) is 0 Å². The number of hydrogen-bond donors (Lipinski definition) is 0. The molecule has 18 heavy (non-hydrogen) atoms. The van der Waals surface area contributed by atoms with Crippen LogP contribution in [-0.2, 0) is 18.8 Å². The van der Waals surface area contributed by atoms with Crippen molar-refractivity contribution >= 4 is 0 Å². The van der Waals surface area contributed by atoms with E-state index in [1.54, 1.807) is 9.84 Å². The quantitative estimate of drug-likeness (QED) is 0.662. The second-order valence-electron chi connectivity index (χ2n) is 6.35. The second-order valence-corrected chi connectivity index (χ2v) is 22.8. The van der Waals surface area contributed by atoms with Gasteiger partial charge < -0.3 is 0 Å². The Morgan fingerprint density at radius 2 is 1.00 bits per heavy atom. The number of allylic oxidation sites excluding steroid dienone is 12. The summed E-state index contributed by atoms with van der Waals surface area (Å²) >= 11 is -3.09. The minimum absolute atomic E-state index is 1.17. The zero-order valence-electron chi connectivity index (χ0n) is 11.3. The van der Waals surface area contributed by atoms with Gasteiger partial charge in [0.15, 0.2) is 0 Å². The van der Waals surface area contributed by atoms with E-state index in [2.05, 4.69) is 63.9 Å². The van der Waals surface area contributed by atoms with Gasteiger partial charge in [-0.2, -0.15) is 0 Å². The molecule has 0 atom stereocenters. The van der Waals surface area contributed by atoms with E-state index in [9.17, 15) is 0 Å². The molecule has 0 spiro atoms. The Labute approximate surface area is 111 Å². The third-order valence-corrected chi connectivity index (χ3v) is 22.1. The first-order valence-electron chi connectivity index (χ1n) is 6.90. The number of hydrogen-bond acceptors (Lipinski definition) is 0. The Morgan fingerprint density at radius 1 is 0.667 bits per heavy atom. The number of rotatable bonds is 3. The zero-order chi connectivity index (χ0) is 12.7. The fraction of sp³-hybridized carbons (Fsp3) is 0.294. The van der Waals surface area contributed by atoms with Gasteiger partial charge in [-0.15, -0.1) is 0 Å². The van der Waals surface area contributed by atoms with Crippen molar-refractivity contribution < 1.29 is 18.8 Å². The normalized spacial score (nSPS) is 23.9. The summed E-state index contributed by atoms with van der Waals surface area (Å²) in [7, 11) is 0. The van der Waals surface area contributed by atoms with Gasteiger partial charge in [0.2, 0.25) is 0 Å². The van der Waals surface area contributed by atoms with Crippen LogP contribution < -0.4 is 0 Å². The van der Waals surface area contributed by atoms with Crippen LogP contribution in [0.4, 0.5) is 0 Å². The maximum atomic E-state index is 2.62. The molecule has 0 amide bonds. The van der Waals surface area contributed by atoms with Gasteiger partial charge in [0.25, 0.3) is 0 Å². The first-order chi connectivity index (χ1) is 8.62. The van der Waals surface area contributed by atoms with Crippen molar-refractivity contribution in [2.45, 2.75) is 28.5 Å². The Bertz CT molecular complexity index is 482. The minimum atomic E-state index is -3.09. The first-order valence-corrected chi connectivity index (χ1v) is 15.5. The molecule has 0 unspecified atom stereocenters. The fourth-order valence-electron chi connectivity index (χ4n) is 3.63. The third-order valence-electron chi connectivity index (χ3n) is 5.20. The standard InChI is InChI=1S/3C5H5.2CH3.Zr/c3*1-2-4-5-3-1;;;/h3*1-3H,4H2;2*1H3;. The van der Waals surface area contributed by atoms with Crippen molar-refractivity contribution in [3.8, 4) is 0 Å². The van der Waals surface area contributed by atoms with Gasteiger partial charge in [-0.3, -0.25) is 0 Å². The summed E-state index contributed by atoms with van der Waals surface area (Å²) in [6, 6.07) is 0. The molecule has 0 fully saturated rings. The Hall–Kier alpha value is -0.677. The van der Waals surface area contributed by atoms with Crippen molar-refractivity contribution in [3.63, 3.8) is 0 Å². The van der Waals surface area contributed by atoms with E-state index >= 15 is 0 Å². The molecule has 3 rings (SSSR count). The molecular formula is C17H21Zr. The summed E-state index contributed by atoms with van der Waals surface area (Å²) in [4.78, 5) is 0. The van der Waals surface area contributed by atoms with Gasteiger partial charge in [-0.05, 0) is 0 Å². The second kappa shape index (κ2) is 4.17. The first kappa shape index (κ1) is 12.4. The molecule has 3 aliphatic rings. The molecule has 0 N–H and O–H groups in total. The van der Waals surface area contributed by atoms with Gasteiger partial charge in [0.05, 0.1) is 0 Å². The Morgan fingerprint density at radius 3 is 1.22 bits per heavy atom. The van der Waals surface area contributed by atoms with E-state index in [-0.39, 0.29) is 0 Å². The molecule has 0 bridgehead atoms. The Kier molecular flexibility index (Phi) is 2.86. The molecule has 0 aromatic rings. The molecule has 1 heteroatoms. The van der Waals surface area contributed by atoms with Crippen LogP contribution >= 0.6 is 0 Å². The zero-order valence-corrected chi connectivity index (χ0v) is 13.8. The Balaban J connectivity index is 2.13. The van der Waals surface area contributed by atoms with Crippen molar-refractivity contribution in [1.29, 1.82) is 0 Å². The fourth-order valence-corrected chi connectivity index (χ4v) is 16.5. The van der Waals surface area contributed by atoms with E-state index in [1.807, 2.05) is 0 Å². The van der Waals surface area contributed by atoms with Gasteiger partial charge in [-0.1, -0.05) is 0 Å². The van der Waals surface area contributed by atoms with Crippen LogP contribution in [0.25, 0.3) is 0 Å². The van der Waals surface area contributed by atoms with Crippen LogP contribution in [0.5, 0.6) is 0 Å². The molecule has 0 radical (unpaired) electrons. The summed E-state index contributed by atoms with van der Waals surface area (Å²) in [5.41, 5.74) is 0. The molecule has 0 aromatic carbocycles. The summed E-state index contributed by atoms with van der Waals surface area (Å²) in [6.07, 6.45) is 24.5. The third kappa shape index (κ3) is 1.60. The molecule has 0 heterocycles. The SMILES string of the molecule is [CH3][Zr]([CH3])([C]1=CC=CC1)([C]1=CC=CC1)[C]1=CC=CC1. The van der Waals surface area contributed by atoms with Crippen LogP contribution in [0.15, 0.2) is 64.5 Å². The van der Waals surface area contributed by atoms with E-state index in [4.69, 9.17) is 0 Å². The van der Waals surface area contributed by atoms with Gasteiger partial charge >= 0.3 is 112 Å². The summed E-state index contributed by atoms with van der Waals surface area (Å²) in [6.45, 7) is 0. The van der Waals surface area contributed by atoms with Gasteiger partial charge in [-0.25, -0.2) is 0 Å². The maximum absolute atomic E-state index is 3.09.